The zero-order valence-corrected chi connectivity index (χ0v) is 37.2. The lowest BCUT2D eigenvalue weighted by Crippen LogP contribution is -2.49. The summed E-state index contributed by atoms with van der Waals surface area (Å²) in [6.45, 7) is 21.7. The Labute approximate surface area is 325 Å². The van der Waals surface area contributed by atoms with E-state index in [1.807, 2.05) is 0 Å². The van der Waals surface area contributed by atoms with Gasteiger partial charge in [-0.15, -0.1) is 0 Å². The first-order valence-corrected chi connectivity index (χ1v) is 28.1. The summed E-state index contributed by atoms with van der Waals surface area (Å²) in [6, 6.07) is 37.9. The van der Waals surface area contributed by atoms with E-state index in [1.54, 1.807) is 5.57 Å². The highest BCUT2D eigenvalue weighted by molar-refractivity contribution is 7.95. The van der Waals surface area contributed by atoms with Crippen LogP contribution in [0.25, 0.3) is 0 Å². The molecular weight excluding hydrogens is 761 g/mol. The number of halogens is 3. The molecule has 0 aromatic heterocycles. The number of allylic oxidation sites excluding steroid dienone is 2. The largest absolute Gasteiger partial charge is 0.741 e. The summed E-state index contributed by atoms with van der Waals surface area (Å²) in [5.74, 6) is 1.83. The van der Waals surface area contributed by atoms with Crippen LogP contribution in [-0.2, 0) is 19.0 Å². The Morgan fingerprint density at radius 2 is 1.20 bits per heavy atom. The highest BCUT2D eigenvalue weighted by atomic mass is 32.2. The third-order valence-electron chi connectivity index (χ3n) is 12.7. The average Bonchev–Trinajstić information content (AvgIpc) is 3.45. The van der Waals surface area contributed by atoms with Crippen LogP contribution in [0.5, 0.6) is 0 Å². The topological polar surface area (TPSA) is 75.7 Å². The van der Waals surface area contributed by atoms with E-state index in [-0.39, 0.29) is 10.5 Å². The molecule has 0 N–H and O–H groups in total. The molecule has 5 nitrogen and oxygen atoms in total. The summed E-state index contributed by atoms with van der Waals surface area (Å²) < 4.78 is 73.8. The van der Waals surface area contributed by atoms with E-state index in [0.717, 1.165) is 25.4 Å². The van der Waals surface area contributed by atoms with Crippen LogP contribution in [0.2, 0.25) is 36.3 Å². The zero-order valence-electron chi connectivity index (χ0n) is 33.5. The van der Waals surface area contributed by atoms with Gasteiger partial charge in [-0.25, -0.2) is 8.42 Å². The number of alkyl halides is 3. The van der Waals surface area contributed by atoms with Crippen LogP contribution >= 0.6 is 7.26 Å². The molecule has 1 fully saturated rings. The minimum Gasteiger partial charge on any atom is -0.741 e. The first-order valence-electron chi connectivity index (χ1n) is 19.3. The Kier molecular flexibility index (Phi) is 14.0. The second-order valence-electron chi connectivity index (χ2n) is 16.7. The van der Waals surface area contributed by atoms with Gasteiger partial charge < -0.3 is 13.4 Å². The van der Waals surface area contributed by atoms with Crippen LogP contribution in [0.1, 0.15) is 74.1 Å². The molecule has 0 saturated heterocycles. The van der Waals surface area contributed by atoms with E-state index < -0.39 is 39.5 Å². The molecule has 0 spiro atoms. The Morgan fingerprint density at radius 3 is 1.56 bits per heavy atom. The molecule has 0 amide bonds. The standard InChI is InChI=1S/C41H60O2PSi2.CHF3O3S/c1-10-46(11-2,12-3)42-38-30-31-41(7)37(28-29-39(41)43-45(8,9)40(4,5)6)36(38)32-44(33-22-16-13-17-23-33,34-24-18-14-19-25-34)35-26-20-15-21-27-35;2-1(3,4)8(5,6)7/h13-27,37,39H,10-12,28-32H2,1-9H3;(H,5,6,7)/q+1;/p-1/t37-,39-,41-;/m0./s1. The molecule has 0 unspecified atom stereocenters. The van der Waals surface area contributed by atoms with Crippen LogP contribution in [-0.4, -0.2) is 47.4 Å². The lowest BCUT2D eigenvalue weighted by molar-refractivity contribution is -0.0517. The predicted octanol–water partition coefficient (Wildman–Crippen LogP) is 10.9. The first-order chi connectivity index (χ1) is 25.1. The van der Waals surface area contributed by atoms with Gasteiger partial charge in [0.2, 0.25) is 8.32 Å². The van der Waals surface area contributed by atoms with E-state index in [9.17, 15) is 13.2 Å². The SMILES string of the molecule is CC[Si](CC)(CC)OC1=C(C[P+](c2ccccc2)(c2ccccc2)c2ccccc2)[C@@H]2CC[C@H](O[Si](C)(C)C(C)(C)C)[C@@]2(C)CC1.O=S(=O)([O-])C(F)(F)F. The summed E-state index contributed by atoms with van der Waals surface area (Å²) in [4.78, 5) is 0. The van der Waals surface area contributed by atoms with E-state index in [2.05, 4.69) is 153 Å². The van der Waals surface area contributed by atoms with Crippen LogP contribution in [0, 0.1) is 11.3 Å². The second kappa shape index (κ2) is 17.1. The van der Waals surface area contributed by atoms with Crippen molar-refractivity contribution in [3.63, 3.8) is 0 Å². The Morgan fingerprint density at radius 1 is 0.796 bits per heavy atom. The molecule has 1 saturated carbocycles. The molecule has 0 bridgehead atoms. The number of hydrogen-bond acceptors (Lipinski definition) is 5. The van der Waals surface area contributed by atoms with Crippen molar-refractivity contribution in [2.24, 2.45) is 11.3 Å². The molecular formula is C42H60F3O5PSSi2. The Balaban J connectivity index is 0.000000730. The van der Waals surface area contributed by atoms with Gasteiger partial charge in [0.15, 0.2) is 18.4 Å². The Bertz CT molecular complexity index is 1710. The van der Waals surface area contributed by atoms with Gasteiger partial charge in [-0.2, -0.15) is 13.2 Å². The molecule has 0 heterocycles. The van der Waals surface area contributed by atoms with Gasteiger partial charge in [0.05, 0.1) is 18.0 Å². The quantitative estimate of drug-likeness (QED) is 0.0787. The monoisotopic (exact) mass is 820 g/mol. The van der Waals surface area contributed by atoms with Crippen LogP contribution < -0.4 is 15.9 Å². The summed E-state index contributed by atoms with van der Waals surface area (Å²) >= 11 is 0. The van der Waals surface area contributed by atoms with Gasteiger partial charge in [-0.05, 0) is 103 Å². The maximum absolute atomic E-state index is 10.7. The molecule has 54 heavy (non-hydrogen) atoms. The molecule has 2 aliphatic rings. The van der Waals surface area contributed by atoms with Crippen molar-refractivity contribution in [1.82, 2.24) is 0 Å². The van der Waals surface area contributed by atoms with Crippen molar-refractivity contribution < 1.29 is 35.0 Å². The first kappa shape index (κ1) is 44.4. The maximum atomic E-state index is 10.7. The minimum atomic E-state index is -6.09. The fourth-order valence-corrected chi connectivity index (χ4v) is 16.7. The maximum Gasteiger partial charge on any atom is 0.485 e. The van der Waals surface area contributed by atoms with Gasteiger partial charge in [0, 0.05) is 12.0 Å². The molecule has 5 rings (SSSR count). The Hall–Kier alpha value is -2.28. The van der Waals surface area contributed by atoms with E-state index in [4.69, 9.17) is 21.8 Å². The van der Waals surface area contributed by atoms with E-state index in [0.29, 0.717) is 12.0 Å². The average molecular weight is 821 g/mol. The zero-order chi connectivity index (χ0) is 40.2. The molecule has 12 heteroatoms. The van der Waals surface area contributed by atoms with Crippen molar-refractivity contribution in [3.05, 3.63) is 102 Å². The molecule has 0 radical (unpaired) electrons. The van der Waals surface area contributed by atoms with Crippen LogP contribution in [0.3, 0.4) is 0 Å². The molecule has 3 atom stereocenters. The third kappa shape index (κ3) is 9.29. The highest BCUT2D eigenvalue weighted by Crippen LogP contribution is 2.63. The fourth-order valence-electron chi connectivity index (χ4n) is 8.14. The van der Waals surface area contributed by atoms with Crippen LogP contribution in [0.15, 0.2) is 102 Å². The smallest absolute Gasteiger partial charge is 0.485 e. The summed E-state index contributed by atoms with van der Waals surface area (Å²) in [5, 5.41) is 4.59. The summed E-state index contributed by atoms with van der Waals surface area (Å²) in [5.41, 5.74) is -3.91. The number of fused-ring (bicyclic) bond motifs is 1. The van der Waals surface area contributed by atoms with E-state index in [1.165, 1.54) is 46.2 Å². The van der Waals surface area contributed by atoms with Gasteiger partial charge >= 0.3 is 5.51 Å². The van der Waals surface area contributed by atoms with Gasteiger partial charge in [-0.3, -0.25) is 0 Å². The number of rotatable bonds is 12. The van der Waals surface area contributed by atoms with Crippen molar-refractivity contribution in [3.8, 4) is 0 Å². The predicted molar refractivity (Wildman–Crippen MR) is 223 cm³/mol. The second-order valence-corrected chi connectivity index (χ2v) is 31.0. The fraction of sp³-hybridized carbons (Fsp3) is 0.524. The third-order valence-corrected chi connectivity index (χ3v) is 26.7. The summed E-state index contributed by atoms with van der Waals surface area (Å²) in [7, 11) is -12.0. The lowest BCUT2D eigenvalue weighted by atomic mass is 9.68. The van der Waals surface area contributed by atoms with Crippen molar-refractivity contribution in [2.75, 3.05) is 6.16 Å². The van der Waals surface area contributed by atoms with Crippen molar-refractivity contribution >= 4 is 49.9 Å². The van der Waals surface area contributed by atoms with E-state index >= 15 is 0 Å². The highest BCUT2D eigenvalue weighted by Gasteiger charge is 2.57. The van der Waals surface area contributed by atoms with Crippen molar-refractivity contribution in [1.29, 1.82) is 0 Å². The molecule has 3 aromatic carbocycles. The molecule has 298 valence electrons. The molecule has 2 aliphatic carbocycles. The lowest BCUT2D eigenvalue weighted by Gasteiger charge is -2.48. The molecule has 0 aliphatic heterocycles. The molecule has 3 aromatic rings. The van der Waals surface area contributed by atoms with Gasteiger partial charge in [0.1, 0.15) is 23.2 Å². The van der Waals surface area contributed by atoms with Gasteiger partial charge in [0.25, 0.3) is 0 Å². The minimum absolute atomic E-state index is 0.117. The van der Waals surface area contributed by atoms with Gasteiger partial charge in [-0.1, -0.05) is 103 Å². The summed E-state index contributed by atoms with van der Waals surface area (Å²) in [6.07, 6.45) is 5.87. The van der Waals surface area contributed by atoms with Crippen molar-refractivity contribution in [2.45, 2.75) is 122 Å². The normalized spacial score (nSPS) is 21.3. The van der Waals surface area contributed by atoms with Crippen LogP contribution in [0.4, 0.5) is 13.2 Å². The number of hydrogen-bond donors (Lipinski definition) is 0. The number of benzene rings is 3.